The minimum atomic E-state index is -0.149. The molecule has 0 aliphatic heterocycles. The van der Waals surface area contributed by atoms with Gasteiger partial charge in [0.05, 0.1) is 24.2 Å². The number of hydrogen-bond donors (Lipinski definition) is 1. The molecule has 0 radical (unpaired) electrons. The van der Waals surface area contributed by atoms with Crippen LogP contribution in [0, 0.1) is 6.92 Å². The first kappa shape index (κ1) is 15.7. The highest BCUT2D eigenvalue weighted by Gasteiger charge is 2.09. The Labute approximate surface area is 133 Å². The number of hydrogen-bond acceptors (Lipinski definition) is 2. The summed E-state index contributed by atoms with van der Waals surface area (Å²) in [6, 6.07) is 10.6. The van der Waals surface area contributed by atoms with Gasteiger partial charge in [-0.25, -0.2) is 0 Å². The van der Waals surface area contributed by atoms with E-state index in [0.717, 1.165) is 16.9 Å². The number of ether oxygens (including phenoxy) is 1. The van der Waals surface area contributed by atoms with Crippen molar-refractivity contribution in [2.75, 3.05) is 12.4 Å². The number of methoxy groups -OCH3 is 1. The zero-order valence-electron chi connectivity index (χ0n) is 11.7. The third-order valence-electron chi connectivity index (χ3n) is 3.03. The molecule has 0 unspecified atom stereocenters. The minimum absolute atomic E-state index is 0.149. The Morgan fingerprint density at radius 1 is 1.19 bits per heavy atom. The lowest BCUT2D eigenvalue weighted by molar-refractivity contribution is -0.115. The van der Waals surface area contributed by atoms with E-state index in [-0.39, 0.29) is 12.3 Å². The third-order valence-corrected chi connectivity index (χ3v) is 3.59. The number of carbonyl (C=O) groups excluding carboxylic acids is 1. The summed E-state index contributed by atoms with van der Waals surface area (Å²) in [6.07, 6.45) is 0.258. The van der Waals surface area contributed by atoms with Crippen molar-refractivity contribution in [2.24, 2.45) is 0 Å². The van der Waals surface area contributed by atoms with Crippen LogP contribution in [0.4, 0.5) is 5.69 Å². The van der Waals surface area contributed by atoms with Crippen LogP contribution in [0.25, 0.3) is 0 Å². The molecule has 0 saturated carbocycles. The number of carbonyl (C=O) groups is 1. The molecule has 0 heterocycles. The number of benzene rings is 2. The van der Waals surface area contributed by atoms with Crippen molar-refractivity contribution in [1.82, 2.24) is 0 Å². The van der Waals surface area contributed by atoms with E-state index >= 15 is 0 Å². The average molecular weight is 324 g/mol. The molecule has 2 aromatic carbocycles. The van der Waals surface area contributed by atoms with Crippen molar-refractivity contribution < 1.29 is 9.53 Å². The molecule has 0 aliphatic rings. The number of aryl methyl sites for hydroxylation is 1. The van der Waals surface area contributed by atoms with Crippen molar-refractivity contribution >= 4 is 34.8 Å². The van der Waals surface area contributed by atoms with E-state index < -0.39 is 0 Å². The van der Waals surface area contributed by atoms with Gasteiger partial charge < -0.3 is 10.1 Å². The van der Waals surface area contributed by atoms with Gasteiger partial charge in [0, 0.05) is 5.02 Å². The normalized spacial score (nSPS) is 10.3. The van der Waals surface area contributed by atoms with Gasteiger partial charge in [-0.3, -0.25) is 4.79 Å². The van der Waals surface area contributed by atoms with Gasteiger partial charge in [0.25, 0.3) is 0 Å². The Bertz CT molecular complexity index is 671. The molecule has 1 N–H and O–H groups in total. The second kappa shape index (κ2) is 6.83. The highest BCUT2D eigenvalue weighted by molar-refractivity contribution is 6.35. The van der Waals surface area contributed by atoms with E-state index in [1.54, 1.807) is 25.3 Å². The van der Waals surface area contributed by atoms with Gasteiger partial charge in [-0.05, 0) is 42.3 Å². The molecule has 2 aromatic rings. The van der Waals surface area contributed by atoms with Gasteiger partial charge in [-0.2, -0.15) is 0 Å². The van der Waals surface area contributed by atoms with Gasteiger partial charge >= 0.3 is 0 Å². The average Bonchev–Trinajstić information content (AvgIpc) is 2.43. The van der Waals surface area contributed by atoms with Crippen LogP contribution in [0.2, 0.25) is 10.0 Å². The van der Waals surface area contributed by atoms with Crippen molar-refractivity contribution in [3.63, 3.8) is 0 Å². The molecule has 0 spiro atoms. The van der Waals surface area contributed by atoms with E-state index in [1.807, 2.05) is 25.1 Å². The van der Waals surface area contributed by atoms with E-state index in [4.69, 9.17) is 27.9 Å². The van der Waals surface area contributed by atoms with Crippen LogP contribution in [0.15, 0.2) is 36.4 Å². The maximum Gasteiger partial charge on any atom is 0.228 e. The van der Waals surface area contributed by atoms with Crippen LogP contribution in [0.3, 0.4) is 0 Å². The summed E-state index contributed by atoms with van der Waals surface area (Å²) in [6.45, 7) is 1.94. The molecular formula is C16H15Cl2NO2. The zero-order chi connectivity index (χ0) is 15.4. The molecule has 3 nitrogen and oxygen atoms in total. The van der Waals surface area contributed by atoms with Gasteiger partial charge in [-0.15, -0.1) is 0 Å². The maximum absolute atomic E-state index is 12.1. The molecule has 0 saturated heterocycles. The fourth-order valence-electron chi connectivity index (χ4n) is 2.02. The number of nitrogens with one attached hydrogen (secondary N) is 1. The van der Waals surface area contributed by atoms with Gasteiger partial charge in [-0.1, -0.05) is 35.3 Å². The molecule has 5 heteroatoms. The molecule has 2 rings (SSSR count). The lowest BCUT2D eigenvalue weighted by atomic mass is 10.1. The van der Waals surface area contributed by atoms with Crippen molar-refractivity contribution in [3.8, 4) is 5.75 Å². The molecule has 0 aliphatic carbocycles. The largest absolute Gasteiger partial charge is 0.496 e. The molecule has 0 bridgehead atoms. The Morgan fingerprint density at radius 3 is 2.62 bits per heavy atom. The SMILES string of the molecule is COc1ccc(CC(=O)Nc2cc(Cl)ccc2Cl)cc1C. The summed E-state index contributed by atoms with van der Waals surface area (Å²) in [4.78, 5) is 12.1. The first-order valence-electron chi connectivity index (χ1n) is 6.38. The lowest BCUT2D eigenvalue weighted by Crippen LogP contribution is -2.14. The van der Waals surface area contributed by atoms with Crippen LogP contribution >= 0.6 is 23.2 Å². The van der Waals surface area contributed by atoms with E-state index in [2.05, 4.69) is 5.32 Å². The molecular weight excluding hydrogens is 309 g/mol. The lowest BCUT2D eigenvalue weighted by Gasteiger charge is -2.09. The molecule has 0 fully saturated rings. The molecule has 110 valence electrons. The van der Waals surface area contributed by atoms with Crippen molar-refractivity contribution in [3.05, 3.63) is 57.6 Å². The Hall–Kier alpha value is -1.71. The van der Waals surface area contributed by atoms with Crippen molar-refractivity contribution in [2.45, 2.75) is 13.3 Å². The molecule has 0 atom stereocenters. The van der Waals surface area contributed by atoms with E-state index in [0.29, 0.717) is 15.7 Å². The first-order valence-corrected chi connectivity index (χ1v) is 7.13. The fourth-order valence-corrected chi connectivity index (χ4v) is 2.36. The molecule has 0 aromatic heterocycles. The zero-order valence-corrected chi connectivity index (χ0v) is 13.3. The summed E-state index contributed by atoms with van der Waals surface area (Å²) < 4.78 is 5.20. The van der Waals surface area contributed by atoms with Crippen LogP contribution in [0.1, 0.15) is 11.1 Å². The number of anilines is 1. The number of rotatable bonds is 4. The summed E-state index contributed by atoms with van der Waals surface area (Å²) in [5.74, 6) is 0.653. The van der Waals surface area contributed by atoms with Crippen LogP contribution < -0.4 is 10.1 Å². The predicted molar refractivity (Wildman–Crippen MR) is 86.5 cm³/mol. The first-order chi connectivity index (χ1) is 9.99. The van der Waals surface area contributed by atoms with E-state index in [9.17, 15) is 4.79 Å². The highest BCUT2D eigenvalue weighted by Crippen LogP contribution is 2.25. The summed E-state index contributed by atoms with van der Waals surface area (Å²) in [5, 5.41) is 3.74. The maximum atomic E-state index is 12.1. The summed E-state index contributed by atoms with van der Waals surface area (Å²) >= 11 is 11.9. The summed E-state index contributed by atoms with van der Waals surface area (Å²) in [5.41, 5.74) is 2.41. The number of halogens is 2. The Kier molecular flexibility index (Phi) is 5.10. The van der Waals surface area contributed by atoms with Gasteiger partial charge in [0.15, 0.2) is 0 Å². The smallest absolute Gasteiger partial charge is 0.228 e. The van der Waals surface area contributed by atoms with E-state index in [1.165, 1.54) is 0 Å². The highest BCUT2D eigenvalue weighted by atomic mass is 35.5. The molecule has 1 amide bonds. The second-order valence-corrected chi connectivity index (χ2v) is 5.50. The second-order valence-electron chi connectivity index (χ2n) is 4.65. The standard InChI is InChI=1S/C16H15Cl2NO2/c1-10-7-11(3-6-15(10)21-2)8-16(20)19-14-9-12(17)4-5-13(14)18/h3-7,9H,8H2,1-2H3,(H,19,20). The Balaban J connectivity index is 2.08. The van der Waals surface area contributed by atoms with Crippen LogP contribution in [-0.4, -0.2) is 13.0 Å². The van der Waals surface area contributed by atoms with Crippen LogP contribution in [-0.2, 0) is 11.2 Å². The van der Waals surface area contributed by atoms with Crippen LogP contribution in [0.5, 0.6) is 5.75 Å². The quantitative estimate of drug-likeness (QED) is 0.900. The van der Waals surface area contributed by atoms with Crippen molar-refractivity contribution in [1.29, 1.82) is 0 Å². The summed E-state index contributed by atoms with van der Waals surface area (Å²) in [7, 11) is 1.62. The number of amides is 1. The van der Waals surface area contributed by atoms with Gasteiger partial charge in [0.2, 0.25) is 5.91 Å². The predicted octanol–water partition coefficient (Wildman–Crippen LogP) is 4.49. The van der Waals surface area contributed by atoms with Gasteiger partial charge in [0.1, 0.15) is 5.75 Å². The fraction of sp³-hybridized carbons (Fsp3) is 0.188. The topological polar surface area (TPSA) is 38.3 Å². The Morgan fingerprint density at radius 2 is 1.95 bits per heavy atom. The molecule has 21 heavy (non-hydrogen) atoms. The third kappa shape index (κ3) is 4.13. The minimum Gasteiger partial charge on any atom is -0.496 e. The monoisotopic (exact) mass is 323 g/mol.